The summed E-state index contributed by atoms with van der Waals surface area (Å²) in [5, 5.41) is 26.0. The normalized spacial score (nSPS) is 11.1. The topological polar surface area (TPSA) is 139 Å². The molecule has 0 amide bonds. The van der Waals surface area contributed by atoms with Crippen molar-refractivity contribution in [2.75, 3.05) is 24.3 Å². The fraction of sp³-hybridized carbons (Fsp3) is 0.250. The SMILES string of the molecule is O=C(O)CCSc1nn(CC(=O)Cc2cc3c(Nc4ccc(F)c(Cl)c4)ncnc3cc2OCCO)c(=S)s1. The van der Waals surface area contributed by atoms with E-state index in [9.17, 15) is 19.1 Å². The molecule has 204 valence electrons. The van der Waals surface area contributed by atoms with Gasteiger partial charge in [0.05, 0.1) is 23.6 Å². The van der Waals surface area contributed by atoms with E-state index >= 15 is 0 Å². The van der Waals surface area contributed by atoms with Crippen molar-refractivity contribution < 1.29 is 28.9 Å². The van der Waals surface area contributed by atoms with E-state index < -0.39 is 11.8 Å². The van der Waals surface area contributed by atoms with Crippen LogP contribution in [0.4, 0.5) is 15.9 Å². The molecule has 2 heterocycles. The molecule has 0 spiro atoms. The quantitative estimate of drug-likeness (QED) is 0.141. The first-order valence-electron chi connectivity index (χ1n) is 11.4. The smallest absolute Gasteiger partial charge is 0.304 e. The van der Waals surface area contributed by atoms with Gasteiger partial charge < -0.3 is 20.3 Å². The maximum absolute atomic E-state index is 13.6. The lowest BCUT2D eigenvalue weighted by molar-refractivity contribution is -0.136. The molecule has 0 saturated carbocycles. The molecule has 0 atom stereocenters. The summed E-state index contributed by atoms with van der Waals surface area (Å²) in [6, 6.07) is 7.56. The highest BCUT2D eigenvalue weighted by Gasteiger charge is 2.16. The van der Waals surface area contributed by atoms with Crippen LogP contribution in [0.2, 0.25) is 5.02 Å². The molecule has 2 aromatic heterocycles. The number of anilines is 2. The lowest BCUT2D eigenvalue weighted by Gasteiger charge is -2.14. The van der Waals surface area contributed by atoms with Crippen LogP contribution < -0.4 is 10.1 Å². The van der Waals surface area contributed by atoms with Crippen molar-refractivity contribution in [2.45, 2.75) is 23.7 Å². The molecule has 10 nitrogen and oxygen atoms in total. The Hall–Kier alpha value is -3.17. The summed E-state index contributed by atoms with van der Waals surface area (Å²) >= 11 is 13.7. The van der Waals surface area contributed by atoms with E-state index in [2.05, 4.69) is 20.4 Å². The molecule has 0 bridgehead atoms. The molecular weight excluding hydrogens is 589 g/mol. The highest BCUT2D eigenvalue weighted by Crippen LogP contribution is 2.31. The minimum absolute atomic E-state index is 0.0106. The first-order chi connectivity index (χ1) is 18.7. The number of benzene rings is 2. The number of thioether (sulfide) groups is 1. The molecule has 0 fully saturated rings. The van der Waals surface area contributed by atoms with E-state index in [1.807, 2.05) is 0 Å². The zero-order chi connectivity index (χ0) is 27.9. The fourth-order valence-electron chi connectivity index (χ4n) is 3.47. The van der Waals surface area contributed by atoms with Crippen molar-refractivity contribution in [1.82, 2.24) is 19.7 Å². The predicted molar refractivity (Wildman–Crippen MR) is 149 cm³/mol. The van der Waals surface area contributed by atoms with Gasteiger partial charge in [-0.05, 0) is 36.5 Å². The van der Waals surface area contributed by atoms with Crippen LogP contribution in [0.5, 0.6) is 5.75 Å². The predicted octanol–water partition coefficient (Wildman–Crippen LogP) is 4.90. The van der Waals surface area contributed by atoms with Crippen LogP contribution in [0.1, 0.15) is 12.0 Å². The van der Waals surface area contributed by atoms with Crippen LogP contribution >= 0.6 is 46.9 Å². The Morgan fingerprint density at radius 2 is 2.08 bits per heavy atom. The Labute approximate surface area is 239 Å². The number of carbonyl (C=O) groups excluding carboxylic acids is 1. The van der Waals surface area contributed by atoms with Crippen molar-refractivity contribution in [3.8, 4) is 5.75 Å². The average Bonchev–Trinajstić information content (AvgIpc) is 3.23. The first kappa shape index (κ1) is 28.8. The van der Waals surface area contributed by atoms with Crippen LogP contribution in [-0.4, -0.2) is 60.7 Å². The summed E-state index contributed by atoms with van der Waals surface area (Å²) < 4.78 is 21.7. The number of hydrogen-bond acceptors (Lipinski definition) is 11. The Morgan fingerprint density at radius 3 is 2.82 bits per heavy atom. The van der Waals surface area contributed by atoms with Gasteiger partial charge in [-0.25, -0.2) is 19.0 Å². The van der Waals surface area contributed by atoms with Crippen LogP contribution in [0.3, 0.4) is 0 Å². The minimum Gasteiger partial charge on any atom is -0.491 e. The Bertz CT molecular complexity index is 1580. The number of ether oxygens (including phenoxy) is 1. The van der Waals surface area contributed by atoms with E-state index in [1.54, 1.807) is 12.1 Å². The molecular formula is C24H21ClFN5O5S3. The monoisotopic (exact) mass is 609 g/mol. The second kappa shape index (κ2) is 13.3. The van der Waals surface area contributed by atoms with Crippen molar-refractivity contribution in [2.24, 2.45) is 0 Å². The van der Waals surface area contributed by atoms with Crippen LogP contribution in [0.25, 0.3) is 10.9 Å². The number of carbonyl (C=O) groups is 2. The molecule has 4 aromatic rings. The van der Waals surface area contributed by atoms with Gasteiger partial charge in [-0.15, -0.1) is 0 Å². The van der Waals surface area contributed by atoms with Gasteiger partial charge in [0.15, 0.2) is 14.1 Å². The number of aliphatic hydroxyl groups is 1. The molecule has 0 saturated heterocycles. The average molecular weight is 610 g/mol. The largest absolute Gasteiger partial charge is 0.491 e. The molecule has 0 aliphatic carbocycles. The van der Waals surface area contributed by atoms with Crippen LogP contribution in [-0.2, 0) is 22.6 Å². The summed E-state index contributed by atoms with van der Waals surface area (Å²) in [7, 11) is 0. The first-order valence-corrected chi connectivity index (χ1v) is 14.0. The zero-order valence-corrected chi connectivity index (χ0v) is 23.3. The van der Waals surface area contributed by atoms with E-state index in [1.165, 1.54) is 52.3 Å². The summed E-state index contributed by atoms with van der Waals surface area (Å²) in [5.41, 5.74) is 1.57. The maximum atomic E-state index is 13.6. The molecule has 3 N–H and O–H groups in total. The second-order valence-electron chi connectivity index (χ2n) is 8.02. The van der Waals surface area contributed by atoms with Crippen LogP contribution in [0, 0.1) is 9.77 Å². The van der Waals surface area contributed by atoms with Gasteiger partial charge in [-0.1, -0.05) is 34.7 Å². The third-order valence-corrected chi connectivity index (χ3v) is 7.92. The van der Waals surface area contributed by atoms with Gasteiger partial charge >= 0.3 is 5.97 Å². The molecule has 0 aliphatic heterocycles. The zero-order valence-electron chi connectivity index (χ0n) is 20.1. The molecule has 0 unspecified atom stereocenters. The van der Waals surface area contributed by atoms with E-state index in [4.69, 9.17) is 33.7 Å². The number of aliphatic carboxylic acids is 1. The minimum atomic E-state index is -0.902. The number of nitrogens with zero attached hydrogens (tertiary/aromatic N) is 4. The van der Waals surface area contributed by atoms with Gasteiger partial charge in [-0.2, -0.15) is 5.10 Å². The fourth-order valence-corrected chi connectivity index (χ4v) is 5.98. The van der Waals surface area contributed by atoms with E-state index in [0.717, 1.165) is 0 Å². The van der Waals surface area contributed by atoms with E-state index in [-0.39, 0.29) is 43.4 Å². The molecule has 0 aliphatic rings. The van der Waals surface area contributed by atoms with Gasteiger partial charge in [0, 0.05) is 34.9 Å². The third kappa shape index (κ3) is 7.70. The number of hydrogen-bond donors (Lipinski definition) is 3. The van der Waals surface area contributed by atoms with Crippen molar-refractivity contribution in [3.63, 3.8) is 0 Å². The second-order valence-corrected chi connectivity index (χ2v) is 11.4. The highest BCUT2D eigenvalue weighted by molar-refractivity contribution is 8.01. The number of aliphatic hydroxyl groups excluding tert-OH is 1. The number of ketones is 1. The highest BCUT2D eigenvalue weighted by atomic mass is 35.5. The number of rotatable bonds is 13. The maximum Gasteiger partial charge on any atom is 0.304 e. The van der Waals surface area contributed by atoms with E-state index in [0.29, 0.717) is 47.8 Å². The lowest BCUT2D eigenvalue weighted by Crippen LogP contribution is -2.15. The molecule has 0 radical (unpaired) electrons. The van der Waals surface area contributed by atoms with Gasteiger partial charge in [-0.3, -0.25) is 9.59 Å². The van der Waals surface area contributed by atoms with Crippen molar-refractivity contribution >= 4 is 81.1 Å². The van der Waals surface area contributed by atoms with Gasteiger partial charge in [0.1, 0.15) is 36.9 Å². The summed E-state index contributed by atoms with van der Waals surface area (Å²) in [6.07, 6.45) is 1.31. The van der Waals surface area contributed by atoms with Gasteiger partial charge in [0.25, 0.3) is 0 Å². The number of fused-ring (bicyclic) bond motifs is 1. The Balaban J connectivity index is 1.58. The standard InChI is InChI=1S/C24H21ClFN5O5S3/c25-17-9-14(1-2-18(17)26)29-22-16-8-13(20(36-5-4-32)10-19(16)27-12-28-22)7-15(33)11-31-24(37)39-23(30-31)38-6-3-21(34)35/h1-2,8-10,12,32H,3-7,11H2,(H,34,35)(H,27,28,29). The van der Waals surface area contributed by atoms with Gasteiger partial charge in [0.2, 0.25) is 0 Å². The molecule has 39 heavy (non-hydrogen) atoms. The van der Waals surface area contributed by atoms with Crippen molar-refractivity contribution in [1.29, 1.82) is 0 Å². The summed E-state index contributed by atoms with van der Waals surface area (Å²) in [5.74, 6) is -0.520. The Morgan fingerprint density at radius 1 is 1.26 bits per heavy atom. The number of carboxylic acids is 1. The molecule has 15 heteroatoms. The summed E-state index contributed by atoms with van der Waals surface area (Å²) in [6.45, 7) is -0.286. The Kier molecular flexibility index (Phi) is 9.80. The number of carboxylic acid groups (broad SMARTS) is 1. The summed E-state index contributed by atoms with van der Waals surface area (Å²) in [4.78, 5) is 32.4. The number of aromatic nitrogens is 4. The molecule has 4 rings (SSSR count). The van der Waals surface area contributed by atoms with Crippen LogP contribution in [0.15, 0.2) is 41.0 Å². The number of halogens is 2. The number of nitrogens with one attached hydrogen (secondary N) is 1. The molecule has 2 aromatic carbocycles. The lowest BCUT2D eigenvalue weighted by atomic mass is 10.0. The van der Waals surface area contributed by atoms with Crippen molar-refractivity contribution in [3.05, 3.63) is 57.0 Å². The number of Topliss-reactive ketones (excluding diaryl/α,β-unsaturated/α-hetero) is 1. The third-order valence-electron chi connectivity index (χ3n) is 5.19.